The lowest BCUT2D eigenvalue weighted by molar-refractivity contribution is -0.384. The quantitative estimate of drug-likeness (QED) is 0.154. The maximum absolute atomic E-state index is 12.4. The van der Waals surface area contributed by atoms with Crippen LogP contribution in [0.2, 0.25) is 0 Å². The molecule has 0 saturated heterocycles. The van der Waals surface area contributed by atoms with Crippen molar-refractivity contribution in [3.05, 3.63) is 88.0 Å². The molecule has 0 aliphatic rings. The lowest BCUT2D eigenvalue weighted by atomic mass is 10.2. The first kappa shape index (κ1) is 24.7. The second-order valence-corrected chi connectivity index (χ2v) is 6.84. The van der Waals surface area contributed by atoms with Crippen molar-refractivity contribution in [2.24, 2.45) is 5.10 Å². The van der Waals surface area contributed by atoms with Crippen molar-refractivity contribution in [1.29, 1.82) is 0 Å². The third-order valence-corrected chi connectivity index (χ3v) is 4.53. The minimum Gasteiger partial charge on any atom is -0.493 e. The van der Waals surface area contributed by atoms with E-state index < -0.39 is 16.8 Å². The van der Waals surface area contributed by atoms with Crippen LogP contribution in [-0.4, -0.2) is 43.8 Å². The molecule has 0 radical (unpaired) electrons. The van der Waals surface area contributed by atoms with Crippen LogP contribution >= 0.6 is 0 Å². The summed E-state index contributed by atoms with van der Waals surface area (Å²) in [7, 11) is 2.90. The average Bonchev–Trinajstić information content (AvgIpc) is 2.88. The van der Waals surface area contributed by atoms with Gasteiger partial charge >= 0.3 is 5.97 Å². The van der Waals surface area contributed by atoms with Crippen LogP contribution in [0.15, 0.2) is 71.8 Å². The molecule has 0 atom stereocenters. The Kier molecular flexibility index (Phi) is 8.33. The SMILES string of the molecule is COc1ccccc1OCC(=O)N/N=C\c1ccc(OC(=O)c2ccc([N+](=O)[O-])cc2)c(OC)c1. The number of non-ortho nitro benzene ring substituents is 1. The number of hydrogen-bond donors (Lipinski definition) is 1. The van der Waals surface area contributed by atoms with Crippen LogP contribution in [-0.2, 0) is 4.79 Å². The molecule has 0 aromatic heterocycles. The van der Waals surface area contributed by atoms with Gasteiger partial charge in [0.25, 0.3) is 11.6 Å². The summed E-state index contributed by atoms with van der Waals surface area (Å²) in [5, 5.41) is 14.6. The smallest absolute Gasteiger partial charge is 0.343 e. The number of amides is 1. The van der Waals surface area contributed by atoms with Gasteiger partial charge in [-0.1, -0.05) is 12.1 Å². The number of hydrazone groups is 1. The van der Waals surface area contributed by atoms with E-state index in [1.54, 1.807) is 36.4 Å². The van der Waals surface area contributed by atoms with E-state index in [0.29, 0.717) is 17.1 Å². The van der Waals surface area contributed by atoms with Gasteiger partial charge in [0.15, 0.2) is 29.6 Å². The molecule has 3 aromatic carbocycles. The number of benzene rings is 3. The summed E-state index contributed by atoms with van der Waals surface area (Å²) in [6, 6.07) is 16.6. The van der Waals surface area contributed by atoms with Gasteiger partial charge in [-0.3, -0.25) is 14.9 Å². The third kappa shape index (κ3) is 6.78. The number of para-hydroxylation sites is 2. The minimum atomic E-state index is -0.707. The molecule has 3 rings (SSSR count). The number of nitrogens with zero attached hydrogens (tertiary/aromatic N) is 2. The molecule has 0 fully saturated rings. The third-order valence-electron chi connectivity index (χ3n) is 4.53. The number of esters is 1. The normalized spacial score (nSPS) is 10.5. The van der Waals surface area contributed by atoms with Crippen LogP contribution in [0.5, 0.6) is 23.0 Å². The van der Waals surface area contributed by atoms with Crippen LogP contribution in [0.25, 0.3) is 0 Å². The van der Waals surface area contributed by atoms with Gasteiger partial charge in [-0.05, 0) is 48.0 Å². The number of hydrogen-bond acceptors (Lipinski definition) is 9. The van der Waals surface area contributed by atoms with Crippen LogP contribution in [0, 0.1) is 10.1 Å². The van der Waals surface area contributed by atoms with E-state index in [-0.39, 0.29) is 29.4 Å². The molecule has 0 saturated carbocycles. The number of nitrogens with one attached hydrogen (secondary N) is 1. The van der Waals surface area contributed by atoms with Crippen LogP contribution in [0.3, 0.4) is 0 Å². The first-order valence-corrected chi connectivity index (χ1v) is 10.1. The van der Waals surface area contributed by atoms with Crippen molar-refractivity contribution in [1.82, 2.24) is 5.43 Å². The van der Waals surface area contributed by atoms with Crippen molar-refractivity contribution in [3.63, 3.8) is 0 Å². The highest BCUT2D eigenvalue weighted by Crippen LogP contribution is 2.29. The molecular weight excluding hydrogens is 458 g/mol. The topological polar surface area (TPSA) is 139 Å². The van der Waals surface area contributed by atoms with E-state index in [0.717, 1.165) is 0 Å². The Morgan fingerprint density at radius 1 is 0.943 bits per heavy atom. The standard InChI is InChI=1S/C24H21N3O8/c1-32-19-5-3-4-6-20(19)34-15-23(28)26-25-14-16-7-12-21(22(13-16)33-2)35-24(29)17-8-10-18(11-9-17)27(30)31/h3-14H,15H2,1-2H3,(H,26,28)/b25-14-. The van der Waals surface area contributed by atoms with Gasteiger partial charge in [0, 0.05) is 12.1 Å². The second kappa shape index (κ2) is 11.8. The van der Waals surface area contributed by atoms with Crippen LogP contribution < -0.4 is 24.4 Å². The molecule has 35 heavy (non-hydrogen) atoms. The fourth-order valence-electron chi connectivity index (χ4n) is 2.82. The van der Waals surface area contributed by atoms with Crippen molar-refractivity contribution in [2.75, 3.05) is 20.8 Å². The Morgan fingerprint density at radius 2 is 1.63 bits per heavy atom. The van der Waals surface area contributed by atoms with Crippen LogP contribution in [0.1, 0.15) is 15.9 Å². The summed E-state index contributed by atoms with van der Waals surface area (Å²) in [5.41, 5.74) is 2.91. The summed E-state index contributed by atoms with van der Waals surface area (Å²) >= 11 is 0. The first-order valence-electron chi connectivity index (χ1n) is 10.1. The summed E-state index contributed by atoms with van der Waals surface area (Å²) in [4.78, 5) is 34.5. The van der Waals surface area contributed by atoms with E-state index in [1.807, 2.05) is 0 Å². The number of rotatable bonds is 10. The van der Waals surface area contributed by atoms with E-state index in [9.17, 15) is 19.7 Å². The molecule has 11 heteroatoms. The molecule has 0 aliphatic carbocycles. The van der Waals surface area contributed by atoms with Gasteiger partial charge in [-0.2, -0.15) is 5.10 Å². The highest BCUT2D eigenvalue weighted by atomic mass is 16.6. The Labute approximate surface area is 200 Å². The van der Waals surface area contributed by atoms with Gasteiger partial charge in [0.05, 0.1) is 30.9 Å². The van der Waals surface area contributed by atoms with Gasteiger partial charge < -0.3 is 18.9 Å². The fourth-order valence-corrected chi connectivity index (χ4v) is 2.82. The maximum Gasteiger partial charge on any atom is 0.343 e. The molecule has 0 bridgehead atoms. The minimum absolute atomic E-state index is 0.138. The van der Waals surface area contributed by atoms with Crippen molar-refractivity contribution < 1.29 is 33.5 Å². The first-order chi connectivity index (χ1) is 16.9. The molecule has 1 amide bonds. The van der Waals surface area contributed by atoms with Crippen molar-refractivity contribution in [2.45, 2.75) is 0 Å². The molecule has 0 heterocycles. The van der Waals surface area contributed by atoms with E-state index in [1.165, 1.54) is 50.8 Å². The number of ether oxygens (including phenoxy) is 4. The van der Waals surface area contributed by atoms with E-state index >= 15 is 0 Å². The molecule has 1 N–H and O–H groups in total. The average molecular weight is 479 g/mol. The zero-order valence-corrected chi connectivity index (χ0v) is 18.8. The Morgan fingerprint density at radius 3 is 2.29 bits per heavy atom. The molecule has 0 aliphatic heterocycles. The fraction of sp³-hybridized carbons (Fsp3) is 0.125. The predicted molar refractivity (Wildman–Crippen MR) is 125 cm³/mol. The van der Waals surface area contributed by atoms with Crippen molar-refractivity contribution >= 4 is 23.8 Å². The summed E-state index contributed by atoms with van der Waals surface area (Å²) < 4.78 is 21.2. The van der Waals surface area contributed by atoms with Crippen molar-refractivity contribution in [3.8, 4) is 23.0 Å². The lowest BCUT2D eigenvalue weighted by Gasteiger charge is -2.10. The summed E-state index contributed by atoms with van der Waals surface area (Å²) in [5.74, 6) is 0.134. The van der Waals surface area contributed by atoms with Gasteiger partial charge in [-0.15, -0.1) is 0 Å². The lowest BCUT2D eigenvalue weighted by Crippen LogP contribution is -2.24. The molecule has 0 unspecified atom stereocenters. The van der Waals surface area contributed by atoms with Gasteiger partial charge in [0.2, 0.25) is 0 Å². The summed E-state index contributed by atoms with van der Waals surface area (Å²) in [6.07, 6.45) is 1.38. The molecule has 11 nitrogen and oxygen atoms in total. The Hall–Kier alpha value is -4.93. The predicted octanol–water partition coefficient (Wildman–Crippen LogP) is 3.36. The number of nitro groups is 1. The number of nitro benzene ring substituents is 1. The molecule has 3 aromatic rings. The van der Waals surface area contributed by atoms with Gasteiger partial charge in [0.1, 0.15) is 0 Å². The van der Waals surface area contributed by atoms with Crippen LogP contribution in [0.4, 0.5) is 5.69 Å². The number of carbonyl (C=O) groups excluding carboxylic acids is 2. The zero-order valence-electron chi connectivity index (χ0n) is 18.8. The molecule has 180 valence electrons. The zero-order chi connectivity index (χ0) is 25.2. The monoisotopic (exact) mass is 479 g/mol. The van der Waals surface area contributed by atoms with E-state index in [4.69, 9.17) is 18.9 Å². The van der Waals surface area contributed by atoms with E-state index in [2.05, 4.69) is 10.5 Å². The number of carbonyl (C=O) groups is 2. The highest BCUT2D eigenvalue weighted by Gasteiger charge is 2.14. The molecular formula is C24H21N3O8. The number of methoxy groups -OCH3 is 2. The second-order valence-electron chi connectivity index (χ2n) is 6.84. The largest absolute Gasteiger partial charge is 0.493 e. The maximum atomic E-state index is 12.4. The highest BCUT2D eigenvalue weighted by molar-refractivity contribution is 5.92. The Balaban J connectivity index is 1.57. The van der Waals surface area contributed by atoms with Gasteiger partial charge in [-0.25, -0.2) is 10.2 Å². The Bertz CT molecular complexity index is 1240. The molecule has 0 spiro atoms. The summed E-state index contributed by atoms with van der Waals surface area (Å²) in [6.45, 7) is -0.265.